The van der Waals surface area contributed by atoms with Gasteiger partial charge in [0.1, 0.15) is 6.07 Å². The van der Waals surface area contributed by atoms with Crippen molar-refractivity contribution in [2.24, 2.45) is 40.9 Å². The first-order chi connectivity index (χ1) is 14.3. The SMILES string of the molecule is CC12CC[C@@H]3C4CC[C@@](C)(O)CC4CC[C@H]3[C@@H]1CC[C@@H]2C(=O)Cn1cc(C#N)cn1. The summed E-state index contributed by atoms with van der Waals surface area (Å²) in [5.41, 5.74) is 0.179. The molecule has 4 saturated carbocycles. The van der Waals surface area contributed by atoms with Crippen LogP contribution in [-0.4, -0.2) is 26.3 Å². The molecule has 0 aliphatic heterocycles. The molecule has 4 aliphatic carbocycles. The van der Waals surface area contributed by atoms with Crippen molar-refractivity contribution >= 4 is 5.78 Å². The van der Waals surface area contributed by atoms with Gasteiger partial charge in [-0.1, -0.05) is 6.92 Å². The molecule has 0 bridgehead atoms. The summed E-state index contributed by atoms with van der Waals surface area (Å²) in [6, 6.07) is 2.09. The van der Waals surface area contributed by atoms with Crippen LogP contribution in [0.1, 0.15) is 77.2 Å². The third-order valence-electron chi connectivity index (χ3n) is 9.71. The van der Waals surface area contributed by atoms with E-state index in [-0.39, 0.29) is 11.3 Å². The number of Topliss-reactive ketones (excluding diaryl/α,β-unsaturated/α-hetero) is 1. The van der Waals surface area contributed by atoms with Gasteiger partial charge < -0.3 is 5.11 Å². The Morgan fingerprint density at radius 1 is 1.17 bits per heavy atom. The fourth-order valence-electron chi connectivity index (χ4n) is 8.39. The number of hydrogen-bond donors (Lipinski definition) is 1. The van der Waals surface area contributed by atoms with Crippen LogP contribution in [0.25, 0.3) is 0 Å². The number of nitriles is 1. The second-order valence-electron chi connectivity index (χ2n) is 11.4. The molecule has 4 aliphatic rings. The molecule has 0 amide bonds. The van der Waals surface area contributed by atoms with E-state index in [2.05, 4.69) is 18.1 Å². The number of nitrogens with zero attached hydrogens (tertiary/aromatic N) is 3. The van der Waals surface area contributed by atoms with Gasteiger partial charge in [-0.25, -0.2) is 0 Å². The van der Waals surface area contributed by atoms with Crippen LogP contribution in [0.15, 0.2) is 12.4 Å². The van der Waals surface area contributed by atoms with Gasteiger partial charge in [0.05, 0.1) is 23.9 Å². The van der Waals surface area contributed by atoms with Crippen LogP contribution in [0.5, 0.6) is 0 Å². The maximum atomic E-state index is 13.3. The highest BCUT2D eigenvalue weighted by atomic mass is 16.3. The Morgan fingerprint density at radius 2 is 1.97 bits per heavy atom. The van der Waals surface area contributed by atoms with E-state index in [1.54, 1.807) is 10.9 Å². The molecule has 1 aromatic rings. The van der Waals surface area contributed by atoms with Crippen LogP contribution >= 0.6 is 0 Å². The van der Waals surface area contributed by atoms with Gasteiger partial charge in [-0.2, -0.15) is 10.4 Å². The van der Waals surface area contributed by atoms with Crippen molar-refractivity contribution in [3.8, 4) is 6.07 Å². The van der Waals surface area contributed by atoms with E-state index >= 15 is 0 Å². The van der Waals surface area contributed by atoms with E-state index in [1.165, 1.54) is 38.3 Å². The molecule has 8 atom stereocenters. The summed E-state index contributed by atoms with van der Waals surface area (Å²) in [7, 11) is 0. The highest BCUT2D eigenvalue weighted by Gasteiger charge is 2.58. The fraction of sp³-hybridized carbons (Fsp3) is 0.800. The summed E-state index contributed by atoms with van der Waals surface area (Å²) in [4.78, 5) is 13.3. The predicted molar refractivity (Wildman–Crippen MR) is 113 cm³/mol. The van der Waals surface area contributed by atoms with Gasteiger partial charge in [0.15, 0.2) is 5.78 Å². The Kier molecular flexibility index (Phi) is 4.85. The molecule has 1 aromatic heterocycles. The van der Waals surface area contributed by atoms with Crippen molar-refractivity contribution in [1.82, 2.24) is 9.78 Å². The summed E-state index contributed by atoms with van der Waals surface area (Å²) in [6.07, 6.45) is 13.5. The molecule has 1 N–H and O–H groups in total. The molecule has 0 aromatic carbocycles. The molecule has 1 heterocycles. The Morgan fingerprint density at radius 3 is 2.73 bits per heavy atom. The first-order valence-corrected chi connectivity index (χ1v) is 12.0. The van der Waals surface area contributed by atoms with Gasteiger partial charge >= 0.3 is 0 Å². The third kappa shape index (κ3) is 3.23. The summed E-state index contributed by atoms with van der Waals surface area (Å²) in [6.45, 7) is 4.72. The van der Waals surface area contributed by atoms with Crippen molar-refractivity contribution in [2.45, 2.75) is 83.8 Å². The van der Waals surface area contributed by atoms with Crippen LogP contribution < -0.4 is 0 Å². The van der Waals surface area contributed by atoms with E-state index in [4.69, 9.17) is 5.26 Å². The lowest BCUT2D eigenvalue weighted by Crippen LogP contribution is -2.51. The Balaban J connectivity index is 1.30. The smallest absolute Gasteiger partial charge is 0.157 e. The number of fused-ring (bicyclic) bond motifs is 5. The van der Waals surface area contributed by atoms with Gasteiger partial charge in [0.2, 0.25) is 0 Å². The standard InChI is InChI=1S/C25H35N3O2/c1-24(30)9-7-18-17(11-24)3-4-20-19(18)8-10-25(2)21(20)5-6-22(25)23(29)15-28-14-16(12-26)13-27-28/h13-14,17-22,30H,3-11,15H2,1-2H3/t17?,18?,19-,20-,21+,22-,24-,25?/m1/s1. The van der Waals surface area contributed by atoms with Crippen molar-refractivity contribution in [2.75, 3.05) is 0 Å². The molecule has 30 heavy (non-hydrogen) atoms. The second-order valence-corrected chi connectivity index (χ2v) is 11.4. The molecule has 0 saturated heterocycles. The summed E-state index contributed by atoms with van der Waals surface area (Å²) >= 11 is 0. The molecule has 3 unspecified atom stereocenters. The van der Waals surface area contributed by atoms with Gasteiger partial charge in [0, 0.05) is 12.1 Å². The lowest BCUT2D eigenvalue weighted by atomic mass is 9.49. The zero-order valence-electron chi connectivity index (χ0n) is 18.4. The molecule has 0 radical (unpaired) electrons. The minimum Gasteiger partial charge on any atom is -0.390 e. The fourth-order valence-corrected chi connectivity index (χ4v) is 8.39. The maximum absolute atomic E-state index is 13.3. The largest absolute Gasteiger partial charge is 0.390 e. The quantitative estimate of drug-likeness (QED) is 0.805. The van der Waals surface area contributed by atoms with Crippen LogP contribution in [0.2, 0.25) is 0 Å². The Bertz CT molecular complexity index is 868. The molecule has 5 heteroatoms. The first kappa shape index (κ1) is 20.2. The molecule has 5 rings (SSSR count). The molecular weight excluding hydrogens is 374 g/mol. The minimum absolute atomic E-state index is 0.121. The lowest BCUT2D eigenvalue weighted by molar-refractivity contribution is -0.133. The summed E-state index contributed by atoms with van der Waals surface area (Å²) in [5.74, 6) is 4.15. The van der Waals surface area contributed by atoms with Crippen LogP contribution in [0.3, 0.4) is 0 Å². The van der Waals surface area contributed by atoms with E-state index in [0.29, 0.717) is 29.7 Å². The Labute approximate surface area is 179 Å². The zero-order chi connectivity index (χ0) is 21.1. The van der Waals surface area contributed by atoms with Gasteiger partial charge in [0.25, 0.3) is 0 Å². The predicted octanol–water partition coefficient (Wildman–Crippen LogP) is 4.34. The van der Waals surface area contributed by atoms with E-state index in [0.717, 1.165) is 43.4 Å². The number of carbonyl (C=O) groups is 1. The minimum atomic E-state index is -0.458. The molecule has 4 fully saturated rings. The Hall–Kier alpha value is -1.67. The van der Waals surface area contributed by atoms with Gasteiger partial charge in [-0.05, 0) is 99.7 Å². The van der Waals surface area contributed by atoms with Crippen molar-refractivity contribution in [3.63, 3.8) is 0 Å². The molecule has 5 nitrogen and oxygen atoms in total. The average molecular weight is 410 g/mol. The van der Waals surface area contributed by atoms with Crippen LogP contribution in [-0.2, 0) is 11.3 Å². The number of hydrogen-bond acceptors (Lipinski definition) is 4. The molecule has 162 valence electrons. The first-order valence-electron chi connectivity index (χ1n) is 12.0. The number of carbonyl (C=O) groups excluding carboxylic acids is 1. The van der Waals surface area contributed by atoms with Crippen molar-refractivity contribution in [1.29, 1.82) is 5.26 Å². The maximum Gasteiger partial charge on any atom is 0.157 e. The van der Waals surface area contributed by atoms with E-state index < -0.39 is 5.60 Å². The second kappa shape index (κ2) is 7.19. The third-order valence-corrected chi connectivity index (χ3v) is 9.71. The summed E-state index contributed by atoms with van der Waals surface area (Å²) in [5, 5.41) is 23.8. The van der Waals surface area contributed by atoms with Crippen molar-refractivity contribution < 1.29 is 9.90 Å². The van der Waals surface area contributed by atoms with Crippen LogP contribution in [0, 0.1) is 52.3 Å². The highest BCUT2D eigenvalue weighted by Crippen LogP contribution is 2.64. The molecular formula is C25H35N3O2. The van der Waals surface area contributed by atoms with Crippen LogP contribution in [0.4, 0.5) is 0 Å². The normalized spacial score (nSPS) is 45.1. The number of rotatable bonds is 3. The van der Waals surface area contributed by atoms with E-state index in [1.807, 2.05) is 6.92 Å². The van der Waals surface area contributed by atoms with Crippen molar-refractivity contribution in [3.05, 3.63) is 18.0 Å². The van der Waals surface area contributed by atoms with E-state index in [9.17, 15) is 9.90 Å². The lowest BCUT2D eigenvalue weighted by Gasteiger charge is -2.56. The number of ketones is 1. The number of aromatic nitrogens is 2. The molecule has 0 spiro atoms. The summed E-state index contributed by atoms with van der Waals surface area (Å²) < 4.78 is 1.64. The average Bonchev–Trinajstić information content (AvgIpc) is 3.30. The monoisotopic (exact) mass is 409 g/mol. The van der Waals surface area contributed by atoms with Gasteiger partial charge in [-0.15, -0.1) is 0 Å². The zero-order valence-corrected chi connectivity index (χ0v) is 18.4. The topological polar surface area (TPSA) is 78.9 Å². The highest BCUT2D eigenvalue weighted by molar-refractivity contribution is 5.82. The number of aliphatic hydroxyl groups is 1. The van der Waals surface area contributed by atoms with Gasteiger partial charge in [-0.3, -0.25) is 9.48 Å².